The number of aliphatic hydroxyl groups is 1. The van der Waals surface area contributed by atoms with Gasteiger partial charge in [-0.2, -0.15) is 11.8 Å². The minimum absolute atomic E-state index is 0.259. The van der Waals surface area contributed by atoms with Crippen LogP contribution in [-0.4, -0.2) is 28.3 Å². The highest BCUT2D eigenvalue weighted by Crippen LogP contribution is 2.32. The summed E-state index contributed by atoms with van der Waals surface area (Å²) in [6.07, 6.45) is 0.825. The zero-order chi connectivity index (χ0) is 14.3. The molecule has 1 rings (SSSR count). The van der Waals surface area contributed by atoms with Crippen molar-refractivity contribution in [2.45, 2.75) is 56.8 Å². The molecule has 4 unspecified atom stereocenters. The summed E-state index contributed by atoms with van der Waals surface area (Å²) in [5.74, 6) is 0. The first-order chi connectivity index (χ1) is 9.10. The number of rotatable bonds is 8. The summed E-state index contributed by atoms with van der Waals surface area (Å²) in [5, 5.41) is 14.0. The molecule has 0 heterocycles. The Morgan fingerprint density at radius 1 is 1.16 bits per heavy atom. The number of benzene rings is 1. The Kier molecular flexibility index (Phi) is 7.51. The van der Waals surface area contributed by atoms with Crippen molar-refractivity contribution in [1.82, 2.24) is 5.32 Å². The Balaban J connectivity index is 2.83. The van der Waals surface area contributed by atoms with Crippen LogP contribution in [0.5, 0.6) is 0 Å². The van der Waals surface area contributed by atoms with E-state index in [1.807, 2.05) is 18.7 Å². The van der Waals surface area contributed by atoms with Gasteiger partial charge in [0, 0.05) is 16.5 Å². The minimum Gasteiger partial charge on any atom is -0.392 e. The average molecular weight is 281 g/mol. The molecule has 0 saturated heterocycles. The normalized spacial score (nSPS) is 17.7. The molecule has 0 fully saturated rings. The lowest BCUT2D eigenvalue weighted by Crippen LogP contribution is -2.32. The van der Waals surface area contributed by atoms with Gasteiger partial charge < -0.3 is 10.4 Å². The monoisotopic (exact) mass is 281 g/mol. The van der Waals surface area contributed by atoms with E-state index >= 15 is 0 Å². The van der Waals surface area contributed by atoms with Gasteiger partial charge in [0.2, 0.25) is 0 Å². The fourth-order valence-corrected chi connectivity index (χ4v) is 3.53. The second-order valence-corrected chi connectivity index (χ2v) is 6.60. The van der Waals surface area contributed by atoms with Gasteiger partial charge in [0.1, 0.15) is 0 Å². The van der Waals surface area contributed by atoms with Gasteiger partial charge >= 0.3 is 0 Å². The van der Waals surface area contributed by atoms with E-state index in [1.54, 1.807) is 0 Å². The Labute approximate surface area is 122 Å². The van der Waals surface area contributed by atoms with Crippen LogP contribution >= 0.6 is 11.8 Å². The summed E-state index contributed by atoms with van der Waals surface area (Å²) >= 11 is 1.88. The van der Waals surface area contributed by atoms with Gasteiger partial charge in [0.05, 0.1) is 6.10 Å². The van der Waals surface area contributed by atoms with Crippen molar-refractivity contribution in [2.24, 2.45) is 0 Å². The van der Waals surface area contributed by atoms with Gasteiger partial charge in [-0.1, -0.05) is 51.1 Å². The van der Waals surface area contributed by atoms with E-state index in [0.29, 0.717) is 11.3 Å². The molecule has 1 aromatic rings. The largest absolute Gasteiger partial charge is 0.392 e. The molecule has 0 amide bonds. The van der Waals surface area contributed by atoms with E-state index in [2.05, 4.69) is 56.4 Å². The molecular formula is C16H27NOS. The third kappa shape index (κ3) is 5.17. The van der Waals surface area contributed by atoms with Gasteiger partial charge in [-0.15, -0.1) is 0 Å². The van der Waals surface area contributed by atoms with Crippen LogP contribution in [0.25, 0.3) is 0 Å². The summed E-state index contributed by atoms with van der Waals surface area (Å²) in [5.41, 5.74) is 1.33. The van der Waals surface area contributed by atoms with Crippen LogP contribution in [0.3, 0.4) is 0 Å². The molecule has 0 saturated carbocycles. The van der Waals surface area contributed by atoms with Gasteiger partial charge in [-0.05, 0) is 25.5 Å². The quantitative estimate of drug-likeness (QED) is 0.763. The molecular weight excluding hydrogens is 254 g/mol. The number of hydrogen-bond donors (Lipinski definition) is 2. The lowest BCUT2D eigenvalue weighted by atomic mass is 10.0. The van der Waals surface area contributed by atoms with Gasteiger partial charge in [-0.25, -0.2) is 0 Å². The molecule has 0 aliphatic rings. The van der Waals surface area contributed by atoms with E-state index < -0.39 is 0 Å². The van der Waals surface area contributed by atoms with Crippen LogP contribution in [-0.2, 0) is 0 Å². The maximum absolute atomic E-state index is 9.71. The summed E-state index contributed by atoms with van der Waals surface area (Å²) < 4.78 is 0. The van der Waals surface area contributed by atoms with Crippen molar-refractivity contribution < 1.29 is 5.11 Å². The summed E-state index contributed by atoms with van der Waals surface area (Å²) in [4.78, 5) is 0. The minimum atomic E-state index is -0.267. The lowest BCUT2D eigenvalue weighted by Gasteiger charge is -2.30. The smallest absolute Gasteiger partial charge is 0.0628 e. The molecule has 0 radical (unpaired) electrons. The molecule has 0 aromatic heterocycles. The molecule has 2 nitrogen and oxygen atoms in total. The predicted octanol–water partition coefficient (Wildman–Crippen LogP) is 3.62. The van der Waals surface area contributed by atoms with Crippen molar-refractivity contribution in [3.8, 4) is 0 Å². The van der Waals surface area contributed by atoms with Crippen molar-refractivity contribution >= 4 is 11.8 Å². The van der Waals surface area contributed by atoms with Gasteiger partial charge in [0.15, 0.2) is 0 Å². The number of nitrogens with one attached hydrogen (secondary N) is 1. The molecule has 19 heavy (non-hydrogen) atoms. The van der Waals surface area contributed by atoms with Crippen LogP contribution in [0.1, 0.15) is 45.7 Å². The molecule has 0 aliphatic heterocycles. The van der Waals surface area contributed by atoms with Gasteiger partial charge in [0.25, 0.3) is 0 Å². The predicted molar refractivity (Wildman–Crippen MR) is 85.7 cm³/mol. The molecule has 3 heteroatoms. The van der Waals surface area contributed by atoms with E-state index in [-0.39, 0.29) is 11.4 Å². The second kappa shape index (κ2) is 8.62. The van der Waals surface area contributed by atoms with E-state index in [0.717, 1.165) is 13.0 Å². The highest BCUT2D eigenvalue weighted by molar-refractivity contribution is 8.00. The Bertz CT molecular complexity index is 342. The second-order valence-electron chi connectivity index (χ2n) is 4.97. The third-order valence-electron chi connectivity index (χ3n) is 3.43. The Morgan fingerprint density at radius 2 is 1.79 bits per heavy atom. The van der Waals surface area contributed by atoms with Gasteiger partial charge in [-0.3, -0.25) is 0 Å². The Morgan fingerprint density at radius 3 is 2.26 bits per heavy atom. The average Bonchev–Trinajstić information content (AvgIpc) is 2.43. The lowest BCUT2D eigenvalue weighted by molar-refractivity contribution is 0.196. The first-order valence-corrected chi connectivity index (χ1v) is 8.16. The Hall–Kier alpha value is -0.510. The molecule has 108 valence electrons. The molecule has 1 aromatic carbocycles. The first-order valence-electron chi connectivity index (χ1n) is 7.22. The summed E-state index contributed by atoms with van der Waals surface area (Å²) in [6, 6.07) is 11.0. The third-order valence-corrected chi connectivity index (χ3v) is 5.20. The van der Waals surface area contributed by atoms with Crippen LogP contribution in [0.15, 0.2) is 30.3 Å². The van der Waals surface area contributed by atoms with Crippen molar-refractivity contribution in [1.29, 1.82) is 0 Å². The van der Waals surface area contributed by atoms with Crippen LogP contribution in [0.4, 0.5) is 0 Å². The van der Waals surface area contributed by atoms with Crippen LogP contribution in [0.2, 0.25) is 0 Å². The molecule has 0 aliphatic carbocycles. The van der Waals surface area contributed by atoms with Crippen molar-refractivity contribution in [3.05, 3.63) is 35.9 Å². The van der Waals surface area contributed by atoms with Crippen LogP contribution in [0, 0.1) is 0 Å². The maximum Gasteiger partial charge on any atom is 0.0628 e. The number of aliphatic hydroxyl groups excluding tert-OH is 1. The van der Waals surface area contributed by atoms with Crippen molar-refractivity contribution in [2.75, 3.05) is 6.54 Å². The highest BCUT2D eigenvalue weighted by atomic mass is 32.2. The zero-order valence-corrected chi connectivity index (χ0v) is 13.3. The molecule has 0 spiro atoms. The summed E-state index contributed by atoms with van der Waals surface area (Å²) in [6.45, 7) is 9.30. The fourth-order valence-electron chi connectivity index (χ4n) is 2.14. The molecule has 2 N–H and O–H groups in total. The SMILES string of the molecule is CCNC(c1ccccc1)C(CC)SC(C)C(C)O. The molecule has 0 bridgehead atoms. The standard InChI is InChI=1S/C16H27NOS/c1-5-15(19-13(4)12(3)18)16(17-6-2)14-10-8-7-9-11-14/h7-13,15-18H,5-6H2,1-4H3. The fraction of sp³-hybridized carbons (Fsp3) is 0.625. The van der Waals surface area contributed by atoms with E-state index in [4.69, 9.17) is 0 Å². The topological polar surface area (TPSA) is 32.3 Å². The number of thioether (sulfide) groups is 1. The number of hydrogen-bond acceptors (Lipinski definition) is 3. The highest BCUT2D eigenvalue weighted by Gasteiger charge is 2.24. The molecule has 4 atom stereocenters. The first kappa shape index (κ1) is 16.5. The van der Waals surface area contributed by atoms with Crippen molar-refractivity contribution in [3.63, 3.8) is 0 Å². The van der Waals surface area contributed by atoms with Crippen LogP contribution < -0.4 is 5.32 Å². The van der Waals surface area contributed by atoms with E-state index in [9.17, 15) is 5.11 Å². The summed E-state index contributed by atoms with van der Waals surface area (Å²) in [7, 11) is 0. The zero-order valence-electron chi connectivity index (χ0n) is 12.5. The maximum atomic E-state index is 9.71. The van der Waals surface area contributed by atoms with E-state index in [1.165, 1.54) is 5.56 Å².